The molecule has 0 radical (unpaired) electrons. The number of carboxylic acids is 1. The van der Waals surface area contributed by atoms with Crippen LogP contribution in [0.25, 0.3) is 0 Å². The molecule has 4 nitrogen and oxygen atoms in total. The van der Waals surface area contributed by atoms with E-state index in [1.165, 1.54) is 11.0 Å². The maximum Gasteiger partial charge on any atom is 0.227 e. The molecule has 0 spiro atoms. The summed E-state index contributed by atoms with van der Waals surface area (Å²) in [6.07, 6.45) is -0.0543. The van der Waals surface area contributed by atoms with E-state index in [1.807, 2.05) is 0 Å². The number of hydrogen-bond donors (Lipinski definition) is 0. The number of aliphatic carboxylic acids is 1. The molecule has 0 saturated carbocycles. The fourth-order valence-corrected chi connectivity index (χ4v) is 2.31. The van der Waals surface area contributed by atoms with E-state index in [0.29, 0.717) is 15.7 Å². The molecule has 1 aliphatic heterocycles. The second kappa shape index (κ2) is 4.55. The van der Waals surface area contributed by atoms with Crippen molar-refractivity contribution in [1.29, 1.82) is 0 Å². The van der Waals surface area contributed by atoms with Crippen LogP contribution in [0.15, 0.2) is 18.2 Å². The van der Waals surface area contributed by atoms with Gasteiger partial charge >= 0.3 is 0 Å². The lowest BCUT2D eigenvalue weighted by Crippen LogP contribution is -2.33. The highest BCUT2D eigenvalue weighted by Gasteiger charge is 2.32. The molecule has 6 heteroatoms. The van der Waals surface area contributed by atoms with E-state index in [0.717, 1.165) is 0 Å². The molecule has 1 aromatic carbocycles. The summed E-state index contributed by atoms with van der Waals surface area (Å²) in [7, 11) is 0. The minimum Gasteiger partial charge on any atom is -0.550 e. The largest absolute Gasteiger partial charge is 0.550 e. The van der Waals surface area contributed by atoms with Crippen molar-refractivity contribution in [3.8, 4) is 0 Å². The highest BCUT2D eigenvalue weighted by Crippen LogP contribution is 2.32. The number of carbonyl (C=O) groups excluding carboxylic acids is 2. The molecule has 0 aliphatic carbocycles. The molecule has 1 aromatic rings. The minimum absolute atomic E-state index is 0.0543. The van der Waals surface area contributed by atoms with Gasteiger partial charge in [0.1, 0.15) is 0 Å². The molecule has 0 bridgehead atoms. The Morgan fingerprint density at radius 3 is 2.65 bits per heavy atom. The van der Waals surface area contributed by atoms with Crippen LogP contribution in [0.1, 0.15) is 6.42 Å². The Morgan fingerprint density at radius 2 is 2.12 bits per heavy atom. The smallest absolute Gasteiger partial charge is 0.227 e. The first-order chi connectivity index (χ1) is 7.99. The maximum absolute atomic E-state index is 11.7. The Morgan fingerprint density at radius 1 is 1.41 bits per heavy atom. The van der Waals surface area contributed by atoms with Crippen LogP contribution in [0, 0.1) is 5.92 Å². The van der Waals surface area contributed by atoms with Crippen molar-refractivity contribution in [3.63, 3.8) is 0 Å². The molecular weight excluding hydrogens is 265 g/mol. The van der Waals surface area contributed by atoms with Gasteiger partial charge in [0.15, 0.2) is 0 Å². The first-order valence-corrected chi connectivity index (χ1v) is 5.71. The van der Waals surface area contributed by atoms with Crippen LogP contribution in [0.2, 0.25) is 10.0 Å². The molecule has 1 atom stereocenters. The number of halogens is 2. The van der Waals surface area contributed by atoms with Crippen molar-refractivity contribution in [1.82, 2.24) is 0 Å². The second-order valence-corrected chi connectivity index (χ2v) is 4.66. The fourth-order valence-electron chi connectivity index (χ4n) is 1.80. The van der Waals surface area contributed by atoms with E-state index >= 15 is 0 Å². The van der Waals surface area contributed by atoms with Gasteiger partial charge in [0.25, 0.3) is 0 Å². The number of anilines is 1. The predicted octanol–water partition coefficient (Wildman–Crippen LogP) is 1.10. The fraction of sp³-hybridized carbons (Fsp3) is 0.273. The zero-order chi connectivity index (χ0) is 12.6. The van der Waals surface area contributed by atoms with E-state index in [-0.39, 0.29) is 18.9 Å². The van der Waals surface area contributed by atoms with Gasteiger partial charge in [-0.05, 0) is 18.2 Å². The SMILES string of the molecule is O=C([O-])[C@H]1CC(=O)N(c2ccc(Cl)cc2Cl)C1. The number of hydrogen-bond acceptors (Lipinski definition) is 3. The van der Waals surface area contributed by atoms with Crippen molar-refractivity contribution in [2.75, 3.05) is 11.4 Å². The number of nitrogens with zero attached hydrogens (tertiary/aromatic N) is 1. The molecule has 0 unspecified atom stereocenters. The van der Waals surface area contributed by atoms with Crippen LogP contribution in [-0.4, -0.2) is 18.4 Å². The van der Waals surface area contributed by atoms with Gasteiger partial charge in [-0.2, -0.15) is 0 Å². The summed E-state index contributed by atoms with van der Waals surface area (Å²) in [5, 5.41) is 11.5. The van der Waals surface area contributed by atoms with Crippen molar-refractivity contribution in [3.05, 3.63) is 28.2 Å². The van der Waals surface area contributed by atoms with Gasteiger partial charge in [-0.15, -0.1) is 0 Å². The molecule has 0 N–H and O–H groups in total. The number of carbonyl (C=O) groups is 2. The van der Waals surface area contributed by atoms with Crippen LogP contribution in [0.4, 0.5) is 5.69 Å². The summed E-state index contributed by atoms with van der Waals surface area (Å²) in [6.45, 7) is 0.0858. The summed E-state index contributed by atoms with van der Waals surface area (Å²) in [6, 6.07) is 4.71. The highest BCUT2D eigenvalue weighted by molar-refractivity contribution is 6.36. The third-order valence-corrected chi connectivity index (χ3v) is 3.20. The monoisotopic (exact) mass is 272 g/mol. The Bertz CT molecular complexity index is 490. The summed E-state index contributed by atoms with van der Waals surface area (Å²) in [5.74, 6) is -2.27. The van der Waals surface area contributed by atoms with Crippen LogP contribution in [-0.2, 0) is 9.59 Å². The van der Waals surface area contributed by atoms with Crippen molar-refractivity contribution >= 4 is 40.8 Å². The standard InChI is InChI=1S/C11H9Cl2NO3/c12-7-1-2-9(8(13)4-7)14-5-6(11(16)17)3-10(14)15/h1-2,4,6H,3,5H2,(H,16,17)/p-1/t6-/m0/s1. The van der Waals surface area contributed by atoms with E-state index < -0.39 is 11.9 Å². The topological polar surface area (TPSA) is 60.4 Å². The van der Waals surface area contributed by atoms with Gasteiger partial charge in [-0.25, -0.2) is 0 Å². The summed E-state index contributed by atoms with van der Waals surface area (Å²) >= 11 is 11.7. The van der Waals surface area contributed by atoms with Gasteiger partial charge in [-0.3, -0.25) is 4.79 Å². The van der Waals surface area contributed by atoms with Crippen molar-refractivity contribution in [2.24, 2.45) is 5.92 Å². The van der Waals surface area contributed by atoms with Gasteiger partial charge in [0.05, 0.1) is 10.7 Å². The average Bonchev–Trinajstić information content (AvgIpc) is 2.61. The van der Waals surface area contributed by atoms with Crippen LogP contribution in [0.3, 0.4) is 0 Å². The maximum atomic E-state index is 11.7. The first kappa shape index (κ1) is 12.2. The first-order valence-electron chi connectivity index (χ1n) is 4.95. The van der Waals surface area contributed by atoms with Crippen LogP contribution >= 0.6 is 23.2 Å². The quantitative estimate of drug-likeness (QED) is 0.810. The minimum atomic E-state index is -1.22. The number of amides is 1. The second-order valence-electron chi connectivity index (χ2n) is 3.82. The molecule has 17 heavy (non-hydrogen) atoms. The molecule has 0 aromatic heterocycles. The molecular formula is C11H8Cl2NO3-. The number of carboxylic acid groups (broad SMARTS) is 1. The molecule has 1 saturated heterocycles. The van der Waals surface area contributed by atoms with Crippen molar-refractivity contribution in [2.45, 2.75) is 6.42 Å². The summed E-state index contributed by atoms with van der Waals surface area (Å²) in [4.78, 5) is 23.7. The molecule has 1 fully saturated rings. The summed E-state index contributed by atoms with van der Waals surface area (Å²) < 4.78 is 0. The lowest BCUT2D eigenvalue weighted by molar-refractivity contribution is -0.310. The van der Waals surface area contributed by atoms with Gasteiger partial charge in [-0.1, -0.05) is 23.2 Å². The van der Waals surface area contributed by atoms with Crippen LogP contribution in [0.5, 0.6) is 0 Å². The number of benzene rings is 1. The Balaban J connectivity index is 2.29. The Labute approximate surface area is 108 Å². The normalized spacial score (nSPS) is 19.8. The zero-order valence-corrected chi connectivity index (χ0v) is 10.2. The predicted molar refractivity (Wildman–Crippen MR) is 61.9 cm³/mol. The molecule has 90 valence electrons. The highest BCUT2D eigenvalue weighted by atomic mass is 35.5. The average molecular weight is 273 g/mol. The third-order valence-electron chi connectivity index (χ3n) is 2.66. The Kier molecular flexibility index (Phi) is 3.26. The van der Waals surface area contributed by atoms with E-state index in [9.17, 15) is 14.7 Å². The van der Waals surface area contributed by atoms with E-state index in [1.54, 1.807) is 12.1 Å². The third kappa shape index (κ3) is 2.37. The van der Waals surface area contributed by atoms with E-state index in [2.05, 4.69) is 0 Å². The van der Waals surface area contributed by atoms with Crippen LogP contribution < -0.4 is 10.0 Å². The lowest BCUT2D eigenvalue weighted by Gasteiger charge is -2.18. The van der Waals surface area contributed by atoms with Gasteiger partial charge in [0, 0.05) is 29.9 Å². The summed E-state index contributed by atoms with van der Waals surface area (Å²) in [5.41, 5.74) is 0.477. The molecule has 1 aliphatic rings. The molecule has 2 rings (SSSR count). The van der Waals surface area contributed by atoms with E-state index in [4.69, 9.17) is 23.2 Å². The van der Waals surface area contributed by atoms with Crippen molar-refractivity contribution < 1.29 is 14.7 Å². The molecule has 1 amide bonds. The van der Waals surface area contributed by atoms with Gasteiger partial charge < -0.3 is 14.8 Å². The Hall–Kier alpha value is -1.26. The van der Waals surface area contributed by atoms with Gasteiger partial charge in [0.2, 0.25) is 5.91 Å². The molecule has 1 heterocycles. The lowest BCUT2D eigenvalue weighted by atomic mass is 10.1. The number of rotatable bonds is 2. The zero-order valence-electron chi connectivity index (χ0n) is 8.65.